The van der Waals surface area contributed by atoms with Gasteiger partial charge in [0.05, 0.1) is 24.7 Å². The average molecular weight is 209 g/mol. The summed E-state index contributed by atoms with van der Waals surface area (Å²) >= 11 is 0. The number of furan rings is 1. The van der Waals surface area contributed by atoms with E-state index in [1.165, 1.54) is 18.4 Å². The van der Waals surface area contributed by atoms with Gasteiger partial charge < -0.3 is 14.5 Å². The standard InChI is InChI=1S/C12H19NO2/c1-2-13-12(10-6-8-14-9-10)11-5-3-4-7-15-11/h6,8-9,11-13H,2-5,7H2,1H3. The van der Waals surface area contributed by atoms with E-state index < -0.39 is 0 Å². The van der Waals surface area contributed by atoms with Gasteiger partial charge in [-0.2, -0.15) is 0 Å². The molecule has 0 bridgehead atoms. The summed E-state index contributed by atoms with van der Waals surface area (Å²) in [5.41, 5.74) is 1.20. The van der Waals surface area contributed by atoms with Crippen molar-refractivity contribution >= 4 is 0 Å². The van der Waals surface area contributed by atoms with Gasteiger partial charge in [-0.05, 0) is 31.9 Å². The summed E-state index contributed by atoms with van der Waals surface area (Å²) in [5.74, 6) is 0. The van der Waals surface area contributed by atoms with Crippen molar-refractivity contribution in [1.29, 1.82) is 0 Å². The van der Waals surface area contributed by atoms with Crippen LogP contribution < -0.4 is 5.32 Å². The van der Waals surface area contributed by atoms with Gasteiger partial charge in [-0.3, -0.25) is 0 Å². The van der Waals surface area contributed by atoms with Gasteiger partial charge in [0.15, 0.2) is 0 Å². The van der Waals surface area contributed by atoms with Crippen molar-refractivity contribution < 1.29 is 9.15 Å². The van der Waals surface area contributed by atoms with Gasteiger partial charge in [-0.1, -0.05) is 6.92 Å². The van der Waals surface area contributed by atoms with E-state index in [-0.39, 0.29) is 6.04 Å². The van der Waals surface area contributed by atoms with Crippen molar-refractivity contribution in [1.82, 2.24) is 5.32 Å². The number of rotatable bonds is 4. The van der Waals surface area contributed by atoms with Crippen LogP contribution in [0.3, 0.4) is 0 Å². The Kier molecular flexibility index (Phi) is 3.80. The molecule has 2 unspecified atom stereocenters. The van der Waals surface area contributed by atoms with Gasteiger partial charge >= 0.3 is 0 Å². The largest absolute Gasteiger partial charge is 0.472 e. The zero-order chi connectivity index (χ0) is 10.5. The maximum Gasteiger partial charge on any atom is 0.0951 e. The van der Waals surface area contributed by atoms with Crippen LogP contribution in [0.15, 0.2) is 23.0 Å². The molecular formula is C12H19NO2. The molecule has 2 atom stereocenters. The van der Waals surface area contributed by atoms with Gasteiger partial charge in [0.2, 0.25) is 0 Å². The van der Waals surface area contributed by atoms with Crippen LogP contribution in [-0.2, 0) is 4.74 Å². The number of hydrogen-bond donors (Lipinski definition) is 1. The molecule has 1 fully saturated rings. The highest BCUT2D eigenvalue weighted by atomic mass is 16.5. The van der Waals surface area contributed by atoms with E-state index in [1.54, 1.807) is 6.26 Å². The maximum atomic E-state index is 5.81. The van der Waals surface area contributed by atoms with Crippen molar-refractivity contribution in [3.8, 4) is 0 Å². The summed E-state index contributed by atoms with van der Waals surface area (Å²) in [6.45, 7) is 3.97. The van der Waals surface area contributed by atoms with Gasteiger partial charge in [-0.25, -0.2) is 0 Å². The van der Waals surface area contributed by atoms with Gasteiger partial charge in [-0.15, -0.1) is 0 Å². The topological polar surface area (TPSA) is 34.4 Å². The first-order chi connectivity index (χ1) is 7.42. The molecule has 0 saturated carbocycles. The van der Waals surface area contributed by atoms with Crippen LogP contribution in [-0.4, -0.2) is 19.3 Å². The molecule has 2 rings (SSSR count). The first-order valence-corrected chi connectivity index (χ1v) is 5.79. The Balaban J connectivity index is 2.04. The molecule has 1 aliphatic rings. The number of hydrogen-bond acceptors (Lipinski definition) is 3. The lowest BCUT2D eigenvalue weighted by molar-refractivity contribution is -0.00797. The fourth-order valence-electron chi connectivity index (χ4n) is 2.16. The van der Waals surface area contributed by atoms with E-state index in [4.69, 9.17) is 9.15 Å². The van der Waals surface area contributed by atoms with Crippen molar-refractivity contribution in [2.24, 2.45) is 0 Å². The molecule has 84 valence electrons. The monoisotopic (exact) mass is 209 g/mol. The summed E-state index contributed by atoms with van der Waals surface area (Å²) in [4.78, 5) is 0. The Morgan fingerprint density at radius 1 is 1.53 bits per heavy atom. The molecule has 0 aliphatic carbocycles. The third-order valence-electron chi connectivity index (χ3n) is 2.91. The van der Waals surface area contributed by atoms with Crippen molar-refractivity contribution in [2.75, 3.05) is 13.2 Å². The minimum atomic E-state index is 0.286. The summed E-state index contributed by atoms with van der Waals surface area (Å²) in [5, 5.41) is 3.47. The smallest absolute Gasteiger partial charge is 0.0951 e. The van der Waals surface area contributed by atoms with E-state index >= 15 is 0 Å². The molecule has 1 aliphatic heterocycles. The Labute approximate surface area is 90.8 Å². The van der Waals surface area contributed by atoms with Crippen molar-refractivity contribution in [3.63, 3.8) is 0 Å². The highest BCUT2D eigenvalue weighted by molar-refractivity contribution is 5.13. The third-order valence-corrected chi connectivity index (χ3v) is 2.91. The zero-order valence-corrected chi connectivity index (χ0v) is 9.24. The average Bonchev–Trinajstić information content (AvgIpc) is 2.80. The predicted molar refractivity (Wildman–Crippen MR) is 58.7 cm³/mol. The minimum Gasteiger partial charge on any atom is -0.472 e. The Morgan fingerprint density at radius 3 is 3.07 bits per heavy atom. The third kappa shape index (κ3) is 2.61. The predicted octanol–water partition coefficient (Wildman–Crippen LogP) is 2.50. The lowest BCUT2D eigenvalue weighted by Gasteiger charge is -2.30. The first-order valence-electron chi connectivity index (χ1n) is 5.79. The summed E-state index contributed by atoms with van der Waals surface area (Å²) in [6, 6.07) is 2.31. The molecule has 15 heavy (non-hydrogen) atoms. The SMILES string of the molecule is CCNC(c1ccoc1)C1CCCCO1. The maximum absolute atomic E-state index is 5.81. The first kappa shape index (κ1) is 10.7. The van der Waals surface area contributed by atoms with Gasteiger partial charge in [0.1, 0.15) is 0 Å². The van der Waals surface area contributed by atoms with Gasteiger partial charge in [0.25, 0.3) is 0 Å². The second kappa shape index (κ2) is 5.33. The summed E-state index contributed by atoms with van der Waals surface area (Å²) in [7, 11) is 0. The summed E-state index contributed by atoms with van der Waals surface area (Å²) < 4.78 is 10.9. The van der Waals surface area contributed by atoms with Crippen LogP contribution in [0.4, 0.5) is 0 Å². The molecule has 3 heteroatoms. The molecule has 2 heterocycles. The normalized spacial score (nSPS) is 23.9. The Morgan fingerprint density at radius 2 is 2.47 bits per heavy atom. The quantitative estimate of drug-likeness (QED) is 0.827. The molecule has 0 aromatic carbocycles. The molecule has 3 nitrogen and oxygen atoms in total. The highest BCUT2D eigenvalue weighted by Gasteiger charge is 2.25. The molecule has 1 aromatic rings. The number of ether oxygens (including phenoxy) is 1. The minimum absolute atomic E-state index is 0.286. The van der Waals surface area contributed by atoms with Gasteiger partial charge in [0, 0.05) is 12.2 Å². The molecule has 0 amide bonds. The molecule has 1 N–H and O–H groups in total. The van der Waals surface area contributed by atoms with Crippen LogP contribution in [0.5, 0.6) is 0 Å². The molecule has 0 radical (unpaired) electrons. The van der Waals surface area contributed by atoms with E-state index in [2.05, 4.69) is 12.2 Å². The molecule has 0 spiro atoms. The Bertz CT molecular complexity index is 265. The van der Waals surface area contributed by atoms with Crippen molar-refractivity contribution in [3.05, 3.63) is 24.2 Å². The van der Waals surface area contributed by atoms with Crippen LogP contribution in [0.2, 0.25) is 0 Å². The fraction of sp³-hybridized carbons (Fsp3) is 0.667. The van der Waals surface area contributed by atoms with E-state index in [9.17, 15) is 0 Å². The lowest BCUT2D eigenvalue weighted by Crippen LogP contribution is -2.35. The molecule has 1 saturated heterocycles. The lowest BCUT2D eigenvalue weighted by atomic mass is 9.97. The van der Waals surface area contributed by atoms with E-state index in [0.717, 1.165) is 19.6 Å². The summed E-state index contributed by atoms with van der Waals surface area (Å²) in [6.07, 6.45) is 7.44. The second-order valence-corrected chi connectivity index (χ2v) is 4.00. The fourth-order valence-corrected chi connectivity index (χ4v) is 2.16. The molecular weight excluding hydrogens is 190 g/mol. The van der Waals surface area contributed by atoms with E-state index in [0.29, 0.717) is 6.10 Å². The second-order valence-electron chi connectivity index (χ2n) is 4.00. The highest BCUT2D eigenvalue weighted by Crippen LogP contribution is 2.26. The molecule has 1 aromatic heterocycles. The zero-order valence-electron chi connectivity index (χ0n) is 9.24. The van der Waals surface area contributed by atoms with Crippen LogP contribution in [0, 0.1) is 0 Å². The van der Waals surface area contributed by atoms with Crippen LogP contribution in [0.1, 0.15) is 37.8 Å². The Hall–Kier alpha value is -0.800. The van der Waals surface area contributed by atoms with Crippen molar-refractivity contribution in [2.45, 2.75) is 38.3 Å². The number of nitrogens with one attached hydrogen (secondary N) is 1. The van der Waals surface area contributed by atoms with Crippen LogP contribution in [0.25, 0.3) is 0 Å². The number of likely N-dealkylation sites (N-methyl/N-ethyl adjacent to an activating group) is 1. The van der Waals surface area contributed by atoms with E-state index in [1.807, 2.05) is 12.3 Å². The van der Waals surface area contributed by atoms with Crippen LogP contribution >= 0.6 is 0 Å².